The van der Waals surface area contributed by atoms with Gasteiger partial charge >= 0.3 is 0 Å². The topological polar surface area (TPSA) is 68.4 Å². The molecule has 1 aromatic rings. The Morgan fingerprint density at radius 2 is 2.06 bits per heavy atom. The Labute approximate surface area is 106 Å². The molecule has 2 rings (SSSR count). The van der Waals surface area contributed by atoms with Gasteiger partial charge in [-0.15, -0.1) is 0 Å². The molecule has 4 nitrogen and oxygen atoms in total. The standard InChI is InChI=1S/C12H17ClN2O2/c1-7-4-12(16,5-8(2)17-7)10-3-9(13)6-15-11(10)14/h3,6-8,16H,4-5H2,1-2H3,(H2,14,15). The quantitative estimate of drug-likeness (QED) is 0.807. The van der Waals surface area contributed by atoms with E-state index in [1.165, 1.54) is 6.20 Å². The first kappa shape index (κ1) is 12.6. The van der Waals surface area contributed by atoms with Crippen molar-refractivity contribution in [2.24, 2.45) is 0 Å². The first-order chi connectivity index (χ1) is 7.90. The van der Waals surface area contributed by atoms with E-state index in [2.05, 4.69) is 4.98 Å². The van der Waals surface area contributed by atoms with Crippen molar-refractivity contribution in [3.63, 3.8) is 0 Å². The minimum Gasteiger partial charge on any atom is -0.385 e. The van der Waals surface area contributed by atoms with Gasteiger partial charge in [-0.25, -0.2) is 4.98 Å². The molecule has 0 amide bonds. The average Bonchev–Trinajstić information content (AvgIpc) is 2.19. The molecular formula is C12H17ClN2O2. The van der Waals surface area contributed by atoms with Gasteiger partial charge in [0.05, 0.1) is 22.8 Å². The van der Waals surface area contributed by atoms with E-state index in [-0.39, 0.29) is 12.2 Å². The zero-order chi connectivity index (χ0) is 12.6. The minimum atomic E-state index is -1.00. The Bertz CT molecular complexity index is 415. The lowest BCUT2D eigenvalue weighted by molar-refractivity contribution is -0.135. The molecule has 0 saturated carbocycles. The maximum absolute atomic E-state index is 10.7. The van der Waals surface area contributed by atoms with Crippen LogP contribution in [0, 0.1) is 0 Å². The predicted molar refractivity (Wildman–Crippen MR) is 66.8 cm³/mol. The summed E-state index contributed by atoms with van der Waals surface area (Å²) in [5.74, 6) is 0.332. The molecule has 0 radical (unpaired) electrons. The van der Waals surface area contributed by atoms with Crippen LogP contribution >= 0.6 is 11.6 Å². The molecule has 2 unspecified atom stereocenters. The van der Waals surface area contributed by atoms with Crippen LogP contribution in [-0.2, 0) is 10.3 Å². The third kappa shape index (κ3) is 2.54. The summed E-state index contributed by atoms with van der Waals surface area (Å²) in [5.41, 5.74) is 5.43. The molecule has 1 aliphatic rings. The molecule has 17 heavy (non-hydrogen) atoms. The van der Waals surface area contributed by atoms with Crippen LogP contribution in [0.3, 0.4) is 0 Å². The largest absolute Gasteiger partial charge is 0.385 e. The van der Waals surface area contributed by atoms with Gasteiger partial charge in [0, 0.05) is 24.6 Å². The molecule has 0 aromatic carbocycles. The Kier molecular flexibility index (Phi) is 3.30. The van der Waals surface area contributed by atoms with Crippen molar-refractivity contribution in [3.8, 4) is 0 Å². The predicted octanol–water partition coefficient (Wildman–Crippen LogP) is 2.09. The molecule has 1 fully saturated rings. The minimum absolute atomic E-state index is 0.0119. The third-order valence-electron chi connectivity index (χ3n) is 3.10. The number of rotatable bonds is 1. The molecule has 1 aromatic heterocycles. The van der Waals surface area contributed by atoms with Gasteiger partial charge in [-0.05, 0) is 19.9 Å². The number of halogens is 1. The highest BCUT2D eigenvalue weighted by Crippen LogP contribution is 2.39. The molecule has 2 atom stereocenters. The van der Waals surface area contributed by atoms with Gasteiger partial charge in [-0.2, -0.15) is 0 Å². The lowest BCUT2D eigenvalue weighted by Gasteiger charge is -2.39. The number of ether oxygens (including phenoxy) is 1. The lowest BCUT2D eigenvalue weighted by atomic mass is 9.82. The van der Waals surface area contributed by atoms with Crippen LogP contribution in [0.5, 0.6) is 0 Å². The van der Waals surface area contributed by atoms with E-state index in [1.54, 1.807) is 6.07 Å². The maximum Gasteiger partial charge on any atom is 0.129 e. The highest BCUT2D eigenvalue weighted by molar-refractivity contribution is 6.30. The Hall–Kier alpha value is -0.840. The van der Waals surface area contributed by atoms with E-state index in [9.17, 15) is 5.11 Å². The number of aromatic nitrogens is 1. The van der Waals surface area contributed by atoms with E-state index < -0.39 is 5.60 Å². The van der Waals surface area contributed by atoms with Crippen LogP contribution in [0.1, 0.15) is 32.3 Å². The molecule has 2 heterocycles. The number of hydrogen-bond acceptors (Lipinski definition) is 4. The number of hydrogen-bond donors (Lipinski definition) is 2. The van der Waals surface area contributed by atoms with Crippen molar-refractivity contribution >= 4 is 17.4 Å². The normalized spacial score (nSPS) is 33.6. The van der Waals surface area contributed by atoms with Crippen molar-refractivity contribution in [2.45, 2.75) is 44.5 Å². The number of nitrogens with zero attached hydrogens (tertiary/aromatic N) is 1. The number of nitrogens with two attached hydrogens (primary N) is 1. The van der Waals surface area contributed by atoms with Gasteiger partial charge in [-0.3, -0.25) is 0 Å². The van der Waals surface area contributed by atoms with Gasteiger partial charge in [0.15, 0.2) is 0 Å². The van der Waals surface area contributed by atoms with Crippen LogP contribution in [0.25, 0.3) is 0 Å². The second kappa shape index (κ2) is 4.44. The monoisotopic (exact) mass is 256 g/mol. The van der Waals surface area contributed by atoms with E-state index in [0.717, 1.165) is 0 Å². The van der Waals surface area contributed by atoms with Gasteiger partial charge in [0.2, 0.25) is 0 Å². The molecule has 0 bridgehead atoms. The highest BCUT2D eigenvalue weighted by atomic mass is 35.5. The molecule has 5 heteroatoms. The molecule has 0 aliphatic carbocycles. The maximum atomic E-state index is 10.7. The second-order valence-electron chi connectivity index (χ2n) is 4.78. The van der Waals surface area contributed by atoms with Crippen molar-refractivity contribution in [1.82, 2.24) is 4.98 Å². The van der Waals surface area contributed by atoms with Crippen LogP contribution in [0.15, 0.2) is 12.3 Å². The fourth-order valence-electron chi connectivity index (χ4n) is 2.57. The fraction of sp³-hybridized carbons (Fsp3) is 0.583. The number of anilines is 1. The van der Waals surface area contributed by atoms with Gasteiger partial charge < -0.3 is 15.6 Å². The molecular weight excluding hydrogens is 240 g/mol. The number of pyridine rings is 1. The van der Waals surface area contributed by atoms with E-state index in [4.69, 9.17) is 22.1 Å². The number of nitrogen functional groups attached to an aromatic ring is 1. The van der Waals surface area contributed by atoms with Crippen LogP contribution in [0.4, 0.5) is 5.82 Å². The Morgan fingerprint density at radius 1 is 1.47 bits per heavy atom. The third-order valence-corrected chi connectivity index (χ3v) is 3.31. The van der Waals surface area contributed by atoms with Crippen molar-refractivity contribution < 1.29 is 9.84 Å². The first-order valence-electron chi connectivity index (χ1n) is 5.70. The van der Waals surface area contributed by atoms with Crippen LogP contribution in [-0.4, -0.2) is 22.3 Å². The summed E-state index contributed by atoms with van der Waals surface area (Å²) in [7, 11) is 0. The highest BCUT2D eigenvalue weighted by Gasteiger charge is 2.39. The zero-order valence-electron chi connectivity index (χ0n) is 9.98. The zero-order valence-corrected chi connectivity index (χ0v) is 10.7. The summed E-state index contributed by atoms with van der Waals surface area (Å²) in [5, 5.41) is 11.2. The fourth-order valence-corrected chi connectivity index (χ4v) is 2.73. The van der Waals surface area contributed by atoms with Gasteiger partial charge in [-0.1, -0.05) is 11.6 Å². The Balaban J connectivity index is 2.39. The first-order valence-corrected chi connectivity index (χ1v) is 6.08. The smallest absolute Gasteiger partial charge is 0.129 e. The average molecular weight is 257 g/mol. The van der Waals surface area contributed by atoms with E-state index >= 15 is 0 Å². The summed E-state index contributed by atoms with van der Waals surface area (Å²) in [6.45, 7) is 3.88. The van der Waals surface area contributed by atoms with Crippen LogP contribution < -0.4 is 5.73 Å². The molecule has 3 N–H and O–H groups in total. The summed E-state index contributed by atoms with van der Waals surface area (Å²) in [6.07, 6.45) is 2.47. The summed E-state index contributed by atoms with van der Waals surface area (Å²) < 4.78 is 5.62. The number of aliphatic hydroxyl groups is 1. The van der Waals surface area contributed by atoms with Crippen LogP contribution in [0.2, 0.25) is 5.02 Å². The van der Waals surface area contributed by atoms with E-state index in [1.807, 2.05) is 13.8 Å². The van der Waals surface area contributed by atoms with E-state index in [0.29, 0.717) is 29.2 Å². The second-order valence-corrected chi connectivity index (χ2v) is 5.22. The molecule has 1 aliphatic heterocycles. The summed E-state index contributed by atoms with van der Waals surface area (Å²) in [4.78, 5) is 3.99. The van der Waals surface area contributed by atoms with Crippen molar-refractivity contribution in [3.05, 3.63) is 22.8 Å². The molecule has 94 valence electrons. The van der Waals surface area contributed by atoms with Gasteiger partial charge in [0.25, 0.3) is 0 Å². The van der Waals surface area contributed by atoms with Crippen molar-refractivity contribution in [2.75, 3.05) is 5.73 Å². The van der Waals surface area contributed by atoms with Gasteiger partial charge in [0.1, 0.15) is 5.82 Å². The molecule has 0 spiro atoms. The molecule has 1 saturated heterocycles. The Morgan fingerprint density at radius 3 is 2.65 bits per heavy atom. The summed E-state index contributed by atoms with van der Waals surface area (Å²) >= 11 is 5.91. The summed E-state index contributed by atoms with van der Waals surface area (Å²) in [6, 6.07) is 1.69. The lowest BCUT2D eigenvalue weighted by Crippen LogP contribution is -2.41. The SMILES string of the molecule is CC1CC(O)(c2cc(Cl)cnc2N)CC(C)O1. The van der Waals surface area contributed by atoms with Crippen molar-refractivity contribution in [1.29, 1.82) is 0 Å².